The Morgan fingerprint density at radius 3 is 2.00 bits per heavy atom. The number of carbonyl (C=O) groups excluding carboxylic acids is 2. The van der Waals surface area contributed by atoms with Crippen LogP contribution in [0.25, 0.3) is 11.1 Å². The Hall–Kier alpha value is -2.95. The van der Waals surface area contributed by atoms with Crippen LogP contribution >= 0.6 is 11.6 Å². The summed E-state index contributed by atoms with van der Waals surface area (Å²) < 4.78 is 5.50. The molecule has 0 spiro atoms. The number of nitrogens with one attached hydrogen (secondary N) is 1. The van der Waals surface area contributed by atoms with Crippen LogP contribution in [0.1, 0.15) is 0 Å². The number of ether oxygens (including phenoxy) is 1. The van der Waals surface area contributed by atoms with Crippen LogP contribution in [0.2, 0.25) is 5.02 Å². The first kappa shape index (κ1) is 15.4. The fraction of sp³-hybridized carbons (Fsp3) is 0. The third-order valence-electron chi connectivity index (χ3n) is 2.65. The van der Waals surface area contributed by atoms with Crippen molar-refractivity contribution in [2.75, 3.05) is 0 Å². The maximum atomic E-state index is 8.12. The van der Waals surface area contributed by atoms with Crippen LogP contribution in [0.5, 0.6) is 11.6 Å². The summed E-state index contributed by atoms with van der Waals surface area (Å²) in [5, 5.41) is 10.7. The highest BCUT2D eigenvalue weighted by Gasteiger charge is 2.01. The Labute approximate surface area is 130 Å². The normalized spacial score (nSPS) is 9.32. The van der Waals surface area contributed by atoms with Crippen LogP contribution in [-0.2, 0) is 9.59 Å². The average Bonchev–Trinajstić information content (AvgIpc) is 3.03. The zero-order valence-electron chi connectivity index (χ0n) is 11.2. The molecule has 0 fully saturated rings. The highest BCUT2D eigenvalue weighted by atomic mass is 35.5. The lowest BCUT2D eigenvalue weighted by Crippen LogP contribution is -1.84. The second kappa shape index (κ2) is 7.73. The van der Waals surface area contributed by atoms with Gasteiger partial charge in [0, 0.05) is 5.02 Å². The molecule has 1 heterocycles. The van der Waals surface area contributed by atoms with E-state index < -0.39 is 0 Å². The van der Waals surface area contributed by atoms with Crippen LogP contribution in [0.3, 0.4) is 0 Å². The molecule has 0 aliphatic carbocycles. The van der Waals surface area contributed by atoms with Crippen LogP contribution in [-0.4, -0.2) is 21.6 Å². The van der Waals surface area contributed by atoms with Gasteiger partial charge in [0.05, 0.1) is 0 Å². The smallest absolute Gasteiger partial charge is 0.373 e. The second-order valence-corrected chi connectivity index (χ2v) is 4.46. The lowest BCUT2D eigenvalue weighted by Gasteiger charge is -2.04. The van der Waals surface area contributed by atoms with Gasteiger partial charge in [-0.15, -0.1) is 5.10 Å². The van der Waals surface area contributed by atoms with Crippen LogP contribution < -0.4 is 4.74 Å². The Morgan fingerprint density at radius 2 is 1.50 bits per heavy atom. The number of hydrogen-bond donors (Lipinski definition) is 1. The molecule has 1 N–H and O–H groups in total. The van der Waals surface area contributed by atoms with Gasteiger partial charge in [0.25, 0.3) is 5.88 Å². The lowest BCUT2D eigenvalue weighted by atomic mass is 10.1. The van der Waals surface area contributed by atoms with Gasteiger partial charge < -0.3 is 4.74 Å². The number of aromatic nitrogens is 3. The molecule has 3 rings (SSSR count). The molecule has 6 nitrogen and oxygen atoms in total. The van der Waals surface area contributed by atoms with Crippen molar-refractivity contribution in [3.63, 3.8) is 0 Å². The molecular formula is C15H10ClN3O3. The summed E-state index contributed by atoms with van der Waals surface area (Å²) in [6.45, 7) is 0. The Bertz CT molecular complexity index is 735. The number of halogens is 1. The van der Waals surface area contributed by atoms with Gasteiger partial charge in [0.15, 0.2) is 0 Å². The number of rotatable bonds is 3. The molecule has 0 bridgehead atoms. The first-order valence-corrected chi connectivity index (χ1v) is 6.49. The first-order chi connectivity index (χ1) is 10.7. The number of benzene rings is 2. The summed E-state index contributed by atoms with van der Waals surface area (Å²) >= 11 is 5.87. The summed E-state index contributed by atoms with van der Waals surface area (Å²) in [7, 11) is 0. The minimum absolute atomic E-state index is 0.250. The molecule has 3 aromatic rings. The predicted octanol–water partition coefficient (Wildman–Crippen LogP) is 3.33. The van der Waals surface area contributed by atoms with E-state index in [2.05, 4.69) is 15.4 Å². The van der Waals surface area contributed by atoms with Crippen molar-refractivity contribution in [3.05, 3.63) is 59.8 Å². The number of H-pyrrole nitrogens is 1. The van der Waals surface area contributed by atoms with Gasteiger partial charge in [-0.25, -0.2) is 0 Å². The molecular weight excluding hydrogens is 306 g/mol. The van der Waals surface area contributed by atoms with E-state index in [-0.39, 0.29) is 6.15 Å². The highest BCUT2D eigenvalue weighted by molar-refractivity contribution is 6.30. The van der Waals surface area contributed by atoms with Crippen molar-refractivity contribution >= 4 is 17.8 Å². The highest BCUT2D eigenvalue weighted by Crippen LogP contribution is 2.25. The van der Waals surface area contributed by atoms with E-state index in [4.69, 9.17) is 25.9 Å². The quantitative estimate of drug-likeness (QED) is 0.801. The molecule has 1 aromatic heterocycles. The maximum Gasteiger partial charge on any atom is 0.373 e. The number of hydrogen-bond acceptors (Lipinski definition) is 5. The minimum Gasteiger partial charge on any atom is -0.436 e. The molecule has 0 aliphatic rings. The molecule has 22 heavy (non-hydrogen) atoms. The van der Waals surface area contributed by atoms with E-state index in [1.54, 1.807) is 0 Å². The molecule has 0 amide bonds. The van der Waals surface area contributed by atoms with Crippen molar-refractivity contribution in [2.45, 2.75) is 0 Å². The molecule has 0 atom stereocenters. The maximum absolute atomic E-state index is 8.12. The van der Waals surface area contributed by atoms with E-state index >= 15 is 0 Å². The van der Waals surface area contributed by atoms with Gasteiger partial charge in [0.2, 0.25) is 0 Å². The average molecular weight is 316 g/mol. The second-order valence-electron chi connectivity index (χ2n) is 4.02. The van der Waals surface area contributed by atoms with Crippen LogP contribution in [0, 0.1) is 0 Å². The Morgan fingerprint density at radius 1 is 0.955 bits per heavy atom. The molecule has 110 valence electrons. The van der Waals surface area contributed by atoms with Gasteiger partial charge in [-0.2, -0.15) is 19.9 Å². The third kappa shape index (κ3) is 4.28. The molecule has 0 unspecified atom stereocenters. The first-order valence-electron chi connectivity index (χ1n) is 6.12. The van der Waals surface area contributed by atoms with Crippen molar-refractivity contribution in [1.29, 1.82) is 0 Å². The lowest BCUT2D eigenvalue weighted by molar-refractivity contribution is -0.191. The van der Waals surface area contributed by atoms with E-state index in [9.17, 15) is 0 Å². The van der Waals surface area contributed by atoms with Gasteiger partial charge in [-0.3, -0.25) is 0 Å². The monoisotopic (exact) mass is 315 g/mol. The Kier molecular flexibility index (Phi) is 5.43. The molecule has 0 aliphatic heterocycles. The van der Waals surface area contributed by atoms with E-state index in [0.717, 1.165) is 16.1 Å². The fourth-order valence-electron chi connectivity index (χ4n) is 1.72. The molecule has 0 saturated carbocycles. The van der Waals surface area contributed by atoms with E-state index in [1.165, 1.54) is 6.20 Å². The number of nitrogens with zero attached hydrogens (tertiary/aromatic N) is 2. The topological polar surface area (TPSA) is 84.9 Å². The van der Waals surface area contributed by atoms with E-state index in [0.29, 0.717) is 11.6 Å². The Balaban J connectivity index is 0.000000545. The standard InChI is InChI=1S/C14H10ClN3O.CO2/c15-12-5-1-10(2-6-12)11-3-7-13(8-4-11)19-14-9-16-18-17-14;2-1-3/h1-9H,(H,16,17,18);. The summed E-state index contributed by atoms with van der Waals surface area (Å²) in [6.07, 6.45) is 1.77. The largest absolute Gasteiger partial charge is 0.436 e. The van der Waals surface area contributed by atoms with Crippen LogP contribution in [0.4, 0.5) is 0 Å². The molecule has 7 heteroatoms. The minimum atomic E-state index is 0.250. The van der Waals surface area contributed by atoms with Crippen molar-refractivity contribution in [1.82, 2.24) is 15.4 Å². The summed E-state index contributed by atoms with van der Waals surface area (Å²) in [5.41, 5.74) is 2.21. The fourth-order valence-corrected chi connectivity index (χ4v) is 1.84. The summed E-state index contributed by atoms with van der Waals surface area (Å²) in [4.78, 5) is 16.2. The summed E-state index contributed by atoms with van der Waals surface area (Å²) in [5.74, 6) is 1.16. The van der Waals surface area contributed by atoms with Crippen molar-refractivity contribution < 1.29 is 14.3 Å². The van der Waals surface area contributed by atoms with Gasteiger partial charge in [-0.05, 0) is 35.4 Å². The van der Waals surface area contributed by atoms with Gasteiger partial charge in [0.1, 0.15) is 11.9 Å². The molecule has 2 aromatic carbocycles. The molecule has 0 saturated heterocycles. The zero-order chi connectivity index (χ0) is 15.8. The predicted molar refractivity (Wildman–Crippen MR) is 78.4 cm³/mol. The van der Waals surface area contributed by atoms with Crippen molar-refractivity contribution in [3.8, 4) is 22.8 Å². The zero-order valence-corrected chi connectivity index (χ0v) is 11.9. The summed E-state index contributed by atoms with van der Waals surface area (Å²) in [6, 6.07) is 15.5. The van der Waals surface area contributed by atoms with Crippen LogP contribution in [0.15, 0.2) is 54.7 Å². The number of aromatic amines is 1. The van der Waals surface area contributed by atoms with Gasteiger partial charge >= 0.3 is 6.15 Å². The third-order valence-corrected chi connectivity index (χ3v) is 2.90. The van der Waals surface area contributed by atoms with E-state index in [1.807, 2.05) is 48.5 Å². The van der Waals surface area contributed by atoms with Crippen molar-refractivity contribution in [2.24, 2.45) is 0 Å². The molecule has 0 radical (unpaired) electrons. The SMILES string of the molecule is Clc1ccc(-c2ccc(Oc3cn[nH]n3)cc2)cc1.O=C=O. The van der Waals surface area contributed by atoms with Gasteiger partial charge in [-0.1, -0.05) is 35.9 Å².